The Kier molecular flexibility index (Phi) is 4.56. The SMILES string of the molecule is CCOc1cccc(C(=O)COc2ccccc2)c1. The first kappa shape index (κ1) is 13.1. The van der Waals surface area contributed by atoms with Crippen LogP contribution in [0.25, 0.3) is 0 Å². The van der Waals surface area contributed by atoms with E-state index in [1.54, 1.807) is 18.2 Å². The number of ether oxygens (including phenoxy) is 2. The highest BCUT2D eigenvalue weighted by Crippen LogP contribution is 2.15. The lowest BCUT2D eigenvalue weighted by Crippen LogP contribution is -2.11. The van der Waals surface area contributed by atoms with Gasteiger partial charge in [0.2, 0.25) is 0 Å². The summed E-state index contributed by atoms with van der Waals surface area (Å²) in [5.74, 6) is 1.33. The quantitative estimate of drug-likeness (QED) is 0.743. The number of benzene rings is 2. The lowest BCUT2D eigenvalue weighted by Gasteiger charge is -2.07. The second-order valence-electron chi connectivity index (χ2n) is 3.99. The van der Waals surface area contributed by atoms with Crippen LogP contribution in [0.5, 0.6) is 11.5 Å². The van der Waals surface area contributed by atoms with Gasteiger partial charge < -0.3 is 9.47 Å². The summed E-state index contributed by atoms with van der Waals surface area (Å²) < 4.78 is 10.8. The van der Waals surface area contributed by atoms with Gasteiger partial charge in [-0.25, -0.2) is 0 Å². The van der Waals surface area contributed by atoms with E-state index in [4.69, 9.17) is 9.47 Å². The van der Waals surface area contributed by atoms with Gasteiger partial charge in [0.25, 0.3) is 0 Å². The number of hydrogen-bond donors (Lipinski definition) is 0. The van der Waals surface area contributed by atoms with Crippen LogP contribution in [0.3, 0.4) is 0 Å². The van der Waals surface area contributed by atoms with Crippen molar-refractivity contribution in [3.8, 4) is 11.5 Å². The average molecular weight is 256 g/mol. The Morgan fingerprint density at radius 1 is 0.947 bits per heavy atom. The first-order valence-electron chi connectivity index (χ1n) is 6.23. The summed E-state index contributed by atoms with van der Waals surface area (Å²) in [5, 5.41) is 0. The molecule has 2 aromatic rings. The van der Waals surface area contributed by atoms with Crippen LogP contribution in [-0.4, -0.2) is 19.0 Å². The summed E-state index contributed by atoms with van der Waals surface area (Å²) in [4.78, 5) is 12.0. The van der Waals surface area contributed by atoms with Crippen LogP contribution in [0.4, 0.5) is 0 Å². The number of carbonyl (C=O) groups excluding carboxylic acids is 1. The predicted molar refractivity (Wildman–Crippen MR) is 73.9 cm³/mol. The molecule has 98 valence electrons. The molecule has 0 bridgehead atoms. The average Bonchev–Trinajstić information content (AvgIpc) is 2.46. The minimum atomic E-state index is -0.0644. The molecule has 0 saturated carbocycles. The molecule has 0 aliphatic carbocycles. The molecule has 0 radical (unpaired) electrons. The molecular formula is C16H16O3. The molecule has 0 atom stereocenters. The van der Waals surface area contributed by atoms with Gasteiger partial charge in [0.1, 0.15) is 11.5 Å². The maximum Gasteiger partial charge on any atom is 0.200 e. The molecule has 0 unspecified atom stereocenters. The summed E-state index contributed by atoms with van der Waals surface area (Å²) in [7, 11) is 0. The van der Waals surface area contributed by atoms with E-state index >= 15 is 0 Å². The van der Waals surface area contributed by atoms with Gasteiger partial charge in [-0.3, -0.25) is 4.79 Å². The zero-order valence-electron chi connectivity index (χ0n) is 10.8. The van der Waals surface area contributed by atoms with E-state index in [1.807, 2.05) is 43.3 Å². The van der Waals surface area contributed by atoms with Crippen LogP contribution >= 0.6 is 0 Å². The molecule has 0 aromatic heterocycles. The number of Topliss-reactive ketones (excluding diaryl/α,β-unsaturated/α-hetero) is 1. The molecule has 3 nitrogen and oxygen atoms in total. The van der Waals surface area contributed by atoms with Gasteiger partial charge in [-0.1, -0.05) is 30.3 Å². The van der Waals surface area contributed by atoms with Gasteiger partial charge in [-0.15, -0.1) is 0 Å². The Morgan fingerprint density at radius 3 is 2.42 bits per heavy atom. The highest BCUT2D eigenvalue weighted by Gasteiger charge is 2.07. The van der Waals surface area contributed by atoms with Crippen LogP contribution in [0, 0.1) is 0 Å². The number of rotatable bonds is 6. The van der Waals surface area contributed by atoms with Crippen LogP contribution in [-0.2, 0) is 0 Å². The molecular weight excluding hydrogens is 240 g/mol. The van der Waals surface area contributed by atoms with Crippen LogP contribution in [0.2, 0.25) is 0 Å². The van der Waals surface area contributed by atoms with Gasteiger partial charge >= 0.3 is 0 Å². The highest BCUT2D eigenvalue weighted by atomic mass is 16.5. The number of carbonyl (C=O) groups is 1. The number of hydrogen-bond acceptors (Lipinski definition) is 3. The molecule has 19 heavy (non-hydrogen) atoms. The van der Waals surface area contributed by atoms with Gasteiger partial charge in [0, 0.05) is 5.56 Å². The molecule has 0 aliphatic heterocycles. The summed E-state index contributed by atoms with van der Waals surface area (Å²) in [6.45, 7) is 2.52. The number of para-hydroxylation sites is 1. The minimum absolute atomic E-state index is 0.0274. The number of ketones is 1. The van der Waals surface area contributed by atoms with Crippen molar-refractivity contribution in [3.05, 3.63) is 60.2 Å². The smallest absolute Gasteiger partial charge is 0.200 e. The van der Waals surface area contributed by atoms with E-state index in [-0.39, 0.29) is 12.4 Å². The summed E-state index contributed by atoms with van der Waals surface area (Å²) in [6.07, 6.45) is 0. The standard InChI is InChI=1S/C16H16O3/c1-2-18-15-10-6-7-13(11-15)16(17)12-19-14-8-4-3-5-9-14/h3-11H,2,12H2,1H3. The Balaban J connectivity index is 1.98. The normalized spacial score (nSPS) is 9.95. The summed E-state index contributed by atoms with van der Waals surface area (Å²) in [6, 6.07) is 16.4. The molecule has 2 rings (SSSR count). The van der Waals surface area contributed by atoms with Gasteiger partial charge in [-0.2, -0.15) is 0 Å². The Morgan fingerprint density at radius 2 is 1.68 bits per heavy atom. The van der Waals surface area contributed by atoms with Crippen molar-refractivity contribution < 1.29 is 14.3 Å². The van der Waals surface area contributed by atoms with E-state index in [1.165, 1.54) is 0 Å². The van der Waals surface area contributed by atoms with Crippen LogP contribution in [0.15, 0.2) is 54.6 Å². The maximum atomic E-state index is 12.0. The second kappa shape index (κ2) is 6.59. The van der Waals surface area contributed by atoms with Crippen LogP contribution in [0.1, 0.15) is 17.3 Å². The maximum absolute atomic E-state index is 12.0. The molecule has 2 aromatic carbocycles. The lowest BCUT2D eigenvalue weighted by molar-refractivity contribution is 0.0921. The third-order valence-corrected chi connectivity index (χ3v) is 2.58. The third kappa shape index (κ3) is 3.85. The van der Waals surface area contributed by atoms with Crippen molar-refractivity contribution in [2.75, 3.05) is 13.2 Å². The van der Waals surface area contributed by atoms with E-state index < -0.39 is 0 Å². The van der Waals surface area contributed by atoms with E-state index in [0.717, 1.165) is 0 Å². The fourth-order valence-corrected chi connectivity index (χ4v) is 1.67. The van der Waals surface area contributed by atoms with Crippen molar-refractivity contribution in [2.24, 2.45) is 0 Å². The van der Waals surface area contributed by atoms with Gasteiger partial charge in [-0.05, 0) is 31.2 Å². The molecule has 0 fully saturated rings. The molecule has 3 heteroatoms. The van der Waals surface area contributed by atoms with E-state index in [2.05, 4.69) is 0 Å². The Labute approximate surface area is 112 Å². The lowest BCUT2D eigenvalue weighted by atomic mass is 10.1. The molecule has 0 aliphatic rings. The molecule has 0 heterocycles. The van der Waals surface area contributed by atoms with E-state index in [0.29, 0.717) is 23.7 Å². The molecule has 0 spiro atoms. The first-order chi connectivity index (χ1) is 9.29. The van der Waals surface area contributed by atoms with Crippen molar-refractivity contribution in [1.82, 2.24) is 0 Å². The largest absolute Gasteiger partial charge is 0.494 e. The predicted octanol–water partition coefficient (Wildman–Crippen LogP) is 3.35. The van der Waals surface area contributed by atoms with Gasteiger partial charge in [0.05, 0.1) is 6.61 Å². The van der Waals surface area contributed by atoms with Gasteiger partial charge in [0.15, 0.2) is 12.4 Å². The first-order valence-corrected chi connectivity index (χ1v) is 6.23. The zero-order chi connectivity index (χ0) is 13.5. The summed E-state index contributed by atoms with van der Waals surface area (Å²) >= 11 is 0. The van der Waals surface area contributed by atoms with Crippen molar-refractivity contribution in [2.45, 2.75) is 6.92 Å². The van der Waals surface area contributed by atoms with Crippen molar-refractivity contribution in [3.63, 3.8) is 0 Å². The second-order valence-corrected chi connectivity index (χ2v) is 3.99. The van der Waals surface area contributed by atoms with Crippen LogP contribution < -0.4 is 9.47 Å². The molecule has 0 N–H and O–H groups in total. The van der Waals surface area contributed by atoms with Crippen molar-refractivity contribution in [1.29, 1.82) is 0 Å². The topological polar surface area (TPSA) is 35.5 Å². The third-order valence-electron chi connectivity index (χ3n) is 2.58. The fourth-order valence-electron chi connectivity index (χ4n) is 1.67. The summed E-state index contributed by atoms with van der Waals surface area (Å²) in [5.41, 5.74) is 0.599. The monoisotopic (exact) mass is 256 g/mol. The Hall–Kier alpha value is -2.29. The minimum Gasteiger partial charge on any atom is -0.494 e. The zero-order valence-corrected chi connectivity index (χ0v) is 10.8. The molecule has 0 saturated heterocycles. The van der Waals surface area contributed by atoms with E-state index in [9.17, 15) is 4.79 Å². The highest BCUT2D eigenvalue weighted by molar-refractivity contribution is 5.97. The molecule has 0 amide bonds. The van der Waals surface area contributed by atoms with Crippen molar-refractivity contribution >= 4 is 5.78 Å². The fraction of sp³-hybridized carbons (Fsp3) is 0.188. The Bertz CT molecular complexity index is 535.